The van der Waals surface area contributed by atoms with E-state index in [0.29, 0.717) is 0 Å². The quantitative estimate of drug-likeness (QED) is 0.822. The van der Waals surface area contributed by atoms with Gasteiger partial charge in [-0.25, -0.2) is 4.79 Å². The van der Waals surface area contributed by atoms with Gasteiger partial charge in [-0.05, 0) is 19.1 Å². The Morgan fingerprint density at radius 1 is 1.44 bits per heavy atom. The van der Waals surface area contributed by atoms with Crippen LogP contribution in [0.1, 0.15) is 17.3 Å². The molecule has 0 saturated carbocycles. The van der Waals surface area contributed by atoms with Gasteiger partial charge in [0.05, 0.1) is 21.7 Å². The fourth-order valence-corrected chi connectivity index (χ4v) is 1.45. The zero-order valence-corrected chi connectivity index (χ0v) is 9.92. The molecule has 0 radical (unpaired) electrons. The molecule has 0 heterocycles. The zero-order valence-electron chi connectivity index (χ0n) is 8.41. The highest BCUT2D eigenvalue weighted by Crippen LogP contribution is 2.32. The molecule has 1 unspecified atom stereocenters. The highest BCUT2D eigenvalue weighted by molar-refractivity contribution is 6.37. The molecule has 6 heteroatoms. The van der Waals surface area contributed by atoms with Gasteiger partial charge in [0.25, 0.3) is 0 Å². The summed E-state index contributed by atoms with van der Waals surface area (Å²) in [5.41, 5.74) is 0.119. The van der Waals surface area contributed by atoms with E-state index < -0.39 is 12.1 Å². The summed E-state index contributed by atoms with van der Waals surface area (Å²) >= 11 is 11.3. The normalized spacial score (nSPS) is 12.2. The van der Waals surface area contributed by atoms with E-state index in [-0.39, 0.29) is 28.0 Å². The van der Waals surface area contributed by atoms with Crippen molar-refractivity contribution in [3.63, 3.8) is 0 Å². The molecule has 1 atom stereocenters. The van der Waals surface area contributed by atoms with Gasteiger partial charge in [0.1, 0.15) is 6.61 Å². The first-order valence-electron chi connectivity index (χ1n) is 4.45. The van der Waals surface area contributed by atoms with Gasteiger partial charge in [0.15, 0.2) is 5.75 Å². The number of carbonyl (C=O) groups is 1. The fraction of sp³-hybridized carbons (Fsp3) is 0.300. The number of carbonyl (C=O) groups excluding carboxylic acids is 1. The summed E-state index contributed by atoms with van der Waals surface area (Å²) in [6, 6.07) is 2.49. The van der Waals surface area contributed by atoms with Crippen LogP contribution in [0.5, 0.6) is 5.75 Å². The first-order chi connectivity index (χ1) is 7.41. The number of aliphatic hydroxyl groups excluding tert-OH is 1. The predicted octanol–water partition coefficient (Wildman–Crippen LogP) is 2.24. The van der Waals surface area contributed by atoms with Crippen molar-refractivity contribution in [1.82, 2.24) is 0 Å². The summed E-state index contributed by atoms with van der Waals surface area (Å²) in [7, 11) is 0. The van der Waals surface area contributed by atoms with Gasteiger partial charge in [0.2, 0.25) is 0 Å². The minimum atomic E-state index is -0.744. The third kappa shape index (κ3) is 3.27. The maximum absolute atomic E-state index is 11.4. The van der Waals surface area contributed by atoms with E-state index in [1.165, 1.54) is 19.1 Å². The van der Waals surface area contributed by atoms with E-state index in [2.05, 4.69) is 0 Å². The number of ether oxygens (including phenoxy) is 1. The lowest BCUT2D eigenvalue weighted by Crippen LogP contribution is -2.15. The summed E-state index contributed by atoms with van der Waals surface area (Å²) in [4.78, 5) is 11.4. The number of rotatable bonds is 3. The molecular weight excluding hydrogens is 255 g/mol. The molecule has 0 fully saturated rings. The van der Waals surface area contributed by atoms with Gasteiger partial charge in [-0.1, -0.05) is 23.2 Å². The lowest BCUT2D eigenvalue weighted by atomic mass is 10.2. The van der Waals surface area contributed by atoms with Crippen molar-refractivity contribution in [3.8, 4) is 5.75 Å². The van der Waals surface area contributed by atoms with E-state index in [9.17, 15) is 9.90 Å². The molecule has 2 N–H and O–H groups in total. The zero-order chi connectivity index (χ0) is 12.3. The van der Waals surface area contributed by atoms with E-state index >= 15 is 0 Å². The van der Waals surface area contributed by atoms with Crippen LogP contribution in [0.3, 0.4) is 0 Å². The van der Waals surface area contributed by atoms with Crippen LogP contribution in [0.4, 0.5) is 0 Å². The minimum absolute atomic E-state index is 0.0310. The van der Waals surface area contributed by atoms with Gasteiger partial charge < -0.3 is 14.9 Å². The van der Waals surface area contributed by atoms with Crippen LogP contribution in [0.2, 0.25) is 10.0 Å². The molecule has 0 aliphatic heterocycles. The van der Waals surface area contributed by atoms with Crippen molar-refractivity contribution in [2.75, 3.05) is 6.61 Å². The van der Waals surface area contributed by atoms with Crippen molar-refractivity contribution in [3.05, 3.63) is 27.7 Å². The van der Waals surface area contributed by atoms with Gasteiger partial charge in [-0.3, -0.25) is 0 Å². The molecule has 0 aliphatic carbocycles. The van der Waals surface area contributed by atoms with Crippen LogP contribution in [-0.2, 0) is 4.74 Å². The van der Waals surface area contributed by atoms with Crippen LogP contribution < -0.4 is 0 Å². The largest absolute Gasteiger partial charge is 0.505 e. The Hall–Kier alpha value is -0.970. The van der Waals surface area contributed by atoms with Gasteiger partial charge in [-0.2, -0.15) is 0 Å². The third-order valence-corrected chi connectivity index (χ3v) is 2.28. The number of hydrogen-bond acceptors (Lipinski definition) is 4. The highest BCUT2D eigenvalue weighted by atomic mass is 35.5. The van der Waals surface area contributed by atoms with Crippen LogP contribution in [0.25, 0.3) is 0 Å². The number of phenolic OH excluding ortho intramolecular Hbond substituents is 1. The number of hydrogen-bond donors (Lipinski definition) is 2. The first kappa shape index (κ1) is 13.1. The Labute approximate surface area is 102 Å². The standard InChI is InChI=1S/C10H10Cl2O4/c1-5(13)4-16-10(15)6-2-7(11)9(14)8(12)3-6/h2-3,5,13-14H,4H2,1H3. The Balaban J connectivity index is 2.84. The Kier molecular flexibility index (Phi) is 4.41. The molecule has 1 aromatic carbocycles. The highest BCUT2D eigenvalue weighted by Gasteiger charge is 2.13. The predicted molar refractivity (Wildman–Crippen MR) is 60.1 cm³/mol. The summed E-state index contributed by atoms with van der Waals surface area (Å²) in [5, 5.41) is 18.1. The molecule has 0 bridgehead atoms. The topological polar surface area (TPSA) is 66.8 Å². The van der Waals surface area contributed by atoms with E-state index in [1.807, 2.05) is 0 Å². The van der Waals surface area contributed by atoms with Crippen LogP contribution in [-0.4, -0.2) is 28.9 Å². The summed E-state index contributed by atoms with van der Waals surface area (Å²) in [5.74, 6) is -0.944. The maximum atomic E-state index is 11.4. The number of phenols is 1. The summed E-state index contributed by atoms with van der Waals surface area (Å²) in [6.07, 6.45) is -0.744. The van der Waals surface area contributed by atoms with Gasteiger partial charge in [-0.15, -0.1) is 0 Å². The van der Waals surface area contributed by atoms with Crippen LogP contribution in [0, 0.1) is 0 Å². The molecule has 0 saturated heterocycles. The van der Waals surface area contributed by atoms with E-state index in [1.54, 1.807) is 0 Å². The van der Waals surface area contributed by atoms with E-state index in [0.717, 1.165) is 0 Å². The smallest absolute Gasteiger partial charge is 0.338 e. The van der Waals surface area contributed by atoms with Gasteiger partial charge >= 0.3 is 5.97 Å². The number of esters is 1. The molecule has 0 spiro atoms. The second kappa shape index (κ2) is 5.39. The van der Waals surface area contributed by atoms with Crippen molar-refractivity contribution < 1.29 is 19.7 Å². The molecule has 1 rings (SSSR count). The second-order valence-electron chi connectivity index (χ2n) is 3.24. The number of halogens is 2. The summed E-state index contributed by atoms with van der Waals surface area (Å²) < 4.78 is 4.75. The molecule has 1 aromatic rings. The second-order valence-corrected chi connectivity index (χ2v) is 4.05. The SMILES string of the molecule is CC(O)COC(=O)c1cc(Cl)c(O)c(Cl)c1. The van der Waals surface area contributed by atoms with Gasteiger partial charge in [0, 0.05) is 0 Å². The molecule has 88 valence electrons. The molecule has 0 amide bonds. The average molecular weight is 265 g/mol. The summed E-state index contributed by atoms with van der Waals surface area (Å²) in [6.45, 7) is 1.37. The Bertz CT molecular complexity index is 381. The van der Waals surface area contributed by atoms with E-state index in [4.69, 9.17) is 33.0 Å². The van der Waals surface area contributed by atoms with Crippen molar-refractivity contribution in [2.45, 2.75) is 13.0 Å². The lowest BCUT2D eigenvalue weighted by molar-refractivity contribution is 0.0296. The maximum Gasteiger partial charge on any atom is 0.338 e. The van der Waals surface area contributed by atoms with Crippen LogP contribution in [0.15, 0.2) is 12.1 Å². The molecule has 0 aromatic heterocycles. The molecule has 0 aliphatic rings. The average Bonchev–Trinajstić information content (AvgIpc) is 2.21. The Morgan fingerprint density at radius 3 is 2.38 bits per heavy atom. The lowest BCUT2D eigenvalue weighted by Gasteiger charge is -2.08. The number of aromatic hydroxyl groups is 1. The molecular formula is C10H10Cl2O4. The van der Waals surface area contributed by atoms with Crippen molar-refractivity contribution in [1.29, 1.82) is 0 Å². The minimum Gasteiger partial charge on any atom is -0.505 e. The van der Waals surface area contributed by atoms with Crippen molar-refractivity contribution in [2.24, 2.45) is 0 Å². The fourth-order valence-electron chi connectivity index (χ4n) is 0.963. The molecule has 4 nitrogen and oxygen atoms in total. The first-order valence-corrected chi connectivity index (χ1v) is 5.20. The number of aliphatic hydroxyl groups is 1. The Morgan fingerprint density at radius 2 is 1.94 bits per heavy atom. The monoisotopic (exact) mass is 264 g/mol. The molecule has 16 heavy (non-hydrogen) atoms. The van der Waals surface area contributed by atoms with Crippen LogP contribution >= 0.6 is 23.2 Å². The number of benzene rings is 1. The van der Waals surface area contributed by atoms with Crippen molar-refractivity contribution >= 4 is 29.2 Å². The third-order valence-electron chi connectivity index (χ3n) is 1.71.